The summed E-state index contributed by atoms with van der Waals surface area (Å²) < 4.78 is 0. The number of hydrogen-bond donors (Lipinski definition) is 0. The van der Waals surface area contributed by atoms with Crippen LogP contribution in [0.2, 0.25) is 0 Å². The van der Waals surface area contributed by atoms with Crippen molar-refractivity contribution in [3.63, 3.8) is 0 Å². The van der Waals surface area contributed by atoms with Gasteiger partial charge in [0.15, 0.2) is 0 Å². The summed E-state index contributed by atoms with van der Waals surface area (Å²) in [5.74, 6) is 0.846. The molecule has 1 heterocycles. The van der Waals surface area contributed by atoms with Crippen molar-refractivity contribution in [3.8, 4) is 0 Å². The van der Waals surface area contributed by atoms with E-state index in [-0.39, 0.29) is 0 Å². The Bertz CT molecular complexity index is 296. The molecule has 16 heavy (non-hydrogen) atoms. The molecular weight excluding hydrogens is 266 g/mol. The van der Waals surface area contributed by atoms with Gasteiger partial charge in [0.2, 0.25) is 5.95 Å². The highest BCUT2D eigenvalue weighted by Crippen LogP contribution is 2.16. The molecule has 0 aliphatic rings. The van der Waals surface area contributed by atoms with E-state index in [4.69, 9.17) is 0 Å². The van der Waals surface area contributed by atoms with Gasteiger partial charge in [0.05, 0.1) is 0 Å². The number of alkyl halides is 1. The summed E-state index contributed by atoms with van der Waals surface area (Å²) in [4.78, 5) is 11.1. The third kappa shape index (κ3) is 3.44. The van der Waals surface area contributed by atoms with Crippen molar-refractivity contribution >= 4 is 21.9 Å². The summed E-state index contributed by atoms with van der Waals surface area (Å²) >= 11 is 3.49. The zero-order valence-electron chi connectivity index (χ0n) is 10.3. The van der Waals surface area contributed by atoms with E-state index in [2.05, 4.69) is 44.6 Å². The van der Waals surface area contributed by atoms with Crippen molar-refractivity contribution in [1.82, 2.24) is 9.97 Å². The van der Waals surface area contributed by atoms with Crippen molar-refractivity contribution < 1.29 is 0 Å². The quantitative estimate of drug-likeness (QED) is 0.752. The molecule has 0 bridgehead atoms. The van der Waals surface area contributed by atoms with Gasteiger partial charge in [-0.3, -0.25) is 0 Å². The number of aryl methyl sites for hydroxylation is 1. The first-order valence-electron chi connectivity index (χ1n) is 5.84. The smallest absolute Gasteiger partial charge is 0.225 e. The molecule has 1 aromatic rings. The van der Waals surface area contributed by atoms with Gasteiger partial charge in [-0.1, -0.05) is 29.8 Å². The SMILES string of the molecule is CCC(CC)N(CCBr)c1ncc(C)cn1. The number of nitrogens with zero attached hydrogens (tertiary/aromatic N) is 3. The minimum absolute atomic E-state index is 0.528. The fourth-order valence-corrected chi connectivity index (χ4v) is 2.18. The maximum atomic E-state index is 4.41. The molecule has 90 valence electrons. The van der Waals surface area contributed by atoms with Crippen molar-refractivity contribution in [3.05, 3.63) is 18.0 Å². The van der Waals surface area contributed by atoms with E-state index < -0.39 is 0 Å². The first-order valence-corrected chi connectivity index (χ1v) is 6.96. The average Bonchev–Trinajstić information content (AvgIpc) is 2.31. The third-order valence-electron chi connectivity index (χ3n) is 2.73. The van der Waals surface area contributed by atoms with Crippen LogP contribution in [0.15, 0.2) is 12.4 Å². The first-order chi connectivity index (χ1) is 7.72. The van der Waals surface area contributed by atoms with Crippen LogP contribution in [0.3, 0.4) is 0 Å². The van der Waals surface area contributed by atoms with Crippen molar-refractivity contribution in [2.45, 2.75) is 39.7 Å². The molecule has 1 rings (SSSR count). The van der Waals surface area contributed by atoms with Gasteiger partial charge in [-0.15, -0.1) is 0 Å². The Morgan fingerprint density at radius 2 is 1.81 bits per heavy atom. The van der Waals surface area contributed by atoms with Gasteiger partial charge in [0.25, 0.3) is 0 Å². The standard InChI is InChI=1S/C12H20BrN3/c1-4-11(5-2)16(7-6-13)12-14-8-10(3)9-15-12/h8-9,11H,4-7H2,1-3H3. The van der Waals surface area contributed by atoms with Crippen LogP contribution < -0.4 is 4.90 Å². The molecule has 3 nitrogen and oxygen atoms in total. The predicted molar refractivity (Wildman–Crippen MR) is 72.3 cm³/mol. The van der Waals surface area contributed by atoms with Crippen molar-refractivity contribution in [2.75, 3.05) is 16.8 Å². The van der Waals surface area contributed by atoms with E-state index in [1.54, 1.807) is 0 Å². The molecule has 0 saturated carbocycles. The number of rotatable bonds is 6. The Morgan fingerprint density at radius 1 is 1.25 bits per heavy atom. The Hall–Kier alpha value is -0.640. The normalized spacial score (nSPS) is 10.8. The number of anilines is 1. The van der Waals surface area contributed by atoms with Crippen LogP contribution >= 0.6 is 15.9 Å². The lowest BCUT2D eigenvalue weighted by Gasteiger charge is -2.29. The maximum Gasteiger partial charge on any atom is 0.225 e. The molecule has 0 atom stereocenters. The second-order valence-corrected chi connectivity index (χ2v) is 4.71. The summed E-state index contributed by atoms with van der Waals surface area (Å²) in [5, 5.41) is 0.945. The summed E-state index contributed by atoms with van der Waals surface area (Å²) in [5.41, 5.74) is 1.10. The van der Waals surface area contributed by atoms with Crippen LogP contribution in [0, 0.1) is 6.92 Å². The van der Waals surface area contributed by atoms with E-state index in [9.17, 15) is 0 Å². The maximum absolute atomic E-state index is 4.41. The Kier molecular flexibility index (Phi) is 5.74. The highest BCUT2D eigenvalue weighted by Gasteiger charge is 2.16. The number of hydrogen-bond acceptors (Lipinski definition) is 3. The molecule has 0 amide bonds. The lowest BCUT2D eigenvalue weighted by Crippen LogP contribution is -2.37. The number of halogens is 1. The zero-order chi connectivity index (χ0) is 12.0. The molecule has 0 aromatic carbocycles. The topological polar surface area (TPSA) is 29.0 Å². The molecule has 0 spiro atoms. The van der Waals surface area contributed by atoms with Gasteiger partial charge < -0.3 is 4.90 Å². The molecule has 0 aliphatic carbocycles. The van der Waals surface area contributed by atoms with Gasteiger partial charge in [0, 0.05) is 30.3 Å². The zero-order valence-corrected chi connectivity index (χ0v) is 11.9. The first kappa shape index (κ1) is 13.4. The van der Waals surface area contributed by atoms with Gasteiger partial charge in [0.1, 0.15) is 0 Å². The third-order valence-corrected chi connectivity index (χ3v) is 3.09. The summed E-state index contributed by atoms with van der Waals surface area (Å²) in [6.45, 7) is 7.39. The van der Waals surface area contributed by atoms with Crippen LogP contribution in [-0.2, 0) is 0 Å². The van der Waals surface area contributed by atoms with Gasteiger partial charge >= 0.3 is 0 Å². The second kappa shape index (κ2) is 6.84. The molecule has 4 heteroatoms. The van der Waals surface area contributed by atoms with E-state index in [1.165, 1.54) is 0 Å². The molecule has 0 radical (unpaired) electrons. The molecule has 0 fully saturated rings. The van der Waals surface area contributed by atoms with Gasteiger partial charge in [-0.2, -0.15) is 0 Å². The van der Waals surface area contributed by atoms with E-state index in [0.717, 1.165) is 36.2 Å². The Labute approximate surface area is 106 Å². The average molecular weight is 286 g/mol. The predicted octanol–water partition coefficient (Wildman–Crippen LogP) is 3.17. The lowest BCUT2D eigenvalue weighted by atomic mass is 10.1. The van der Waals surface area contributed by atoms with Gasteiger partial charge in [-0.05, 0) is 25.3 Å². The van der Waals surface area contributed by atoms with Gasteiger partial charge in [-0.25, -0.2) is 9.97 Å². The van der Waals surface area contributed by atoms with E-state index >= 15 is 0 Å². The molecule has 0 unspecified atom stereocenters. The monoisotopic (exact) mass is 285 g/mol. The summed E-state index contributed by atoms with van der Waals surface area (Å²) in [6, 6.07) is 0.528. The molecule has 1 aromatic heterocycles. The highest BCUT2D eigenvalue weighted by atomic mass is 79.9. The van der Waals surface area contributed by atoms with Crippen LogP contribution in [0.1, 0.15) is 32.3 Å². The minimum Gasteiger partial charge on any atom is -0.337 e. The fourth-order valence-electron chi connectivity index (χ4n) is 1.80. The van der Waals surface area contributed by atoms with Crippen molar-refractivity contribution in [2.24, 2.45) is 0 Å². The molecule has 0 N–H and O–H groups in total. The molecular formula is C12H20BrN3. The van der Waals surface area contributed by atoms with Crippen LogP contribution in [0.5, 0.6) is 0 Å². The van der Waals surface area contributed by atoms with Crippen LogP contribution in [0.4, 0.5) is 5.95 Å². The van der Waals surface area contributed by atoms with E-state index in [0.29, 0.717) is 6.04 Å². The van der Waals surface area contributed by atoms with Crippen molar-refractivity contribution in [1.29, 1.82) is 0 Å². The highest BCUT2D eigenvalue weighted by molar-refractivity contribution is 9.09. The van der Waals surface area contributed by atoms with E-state index in [1.807, 2.05) is 19.3 Å². The largest absolute Gasteiger partial charge is 0.337 e. The fraction of sp³-hybridized carbons (Fsp3) is 0.667. The lowest BCUT2D eigenvalue weighted by molar-refractivity contribution is 0.557. The Morgan fingerprint density at radius 3 is 2.25 bits per heavy atom. The molecule has 0 aliphatic heterocycles. The number of aromatic nitrogens is 2. The second-order valence-electron chi connectivity index (χ2n) is 3.91. The van der Waals surface area contributed by atoms with Crippen LogP contribution in [0.25, 0.3) is 0 Å². The summed E-state index contributed by atoms with van der Waals surface area (Å²) in [6.07, 6.45) is 6.01. The van der Waals surface area contributed by atoms with Crippen LogP contribution in [-0.4, -0.2) is 27.9 Å². The Balaban J connectivity index is 2.87. The minimum atomic E-state index is 0.528. The molecule has 0 saturated heterocycles. The summed E-state index contributed by atoms with van der Waals surface area (Å²) in [7, 11) is 0.